The van der Waals surface area contributed by atoms with E-state index in [4.69, 9.17) is 0 Å². The van der Waals surface area contributed by atoms with E-state index >= 15 is 0 Å². The molecule has 1 fully saturated rings. The summed E-state index contributed by atoms with van der Waals surface area (Å²) in [6.45, 7) is 2.09. The van der Waals surface area contributed by atoms with E-state index in [0.29, 0.717) is 12.6 Å². The number of hydrogen-bond donors (Lipinski definition) is 1. The average Bonchev–Trinajstić information content (AvgIpc) is 3.42. The molecule has 2 aromatic heterocycles. The molecule has 0 unspecified atom stereocenters. The van der Waals surface area contributed by atoms with Gasteiger partial charge in [0.2, 0.25) is 0 Å². The summed E-state index contributed by atoms with van der Waals surface area (Å²) in [6, 6.07) is 10.3. The number of hydrogen-bond acceptors (Lipinski definition) is 4. The van der Waals surface area contributed by atoms with Crippen molar-refractivity contribution in [3.05, 3.63) is 67.3 Å². The Bertz CT molecular complexity index is 824. The van der Waals surface area contributed by atoms with E-state index < -0.39 is 0 Å². The molecule has 3 heterocycles. The van der Waals surface area contributed by atoms with E-state index in [1.54, 1.807) is 25.2 Å². The zero-order chi connectivity index (χ0) is 18.5. The van der Waals surface area contributed by atoms with Crippen LogP contribution in [0.5, 0.6) is 0 Å². The second-order valence-electron chi connectivity index (χ2n) is 6.80. The highest BCUT2D eigenvalue weighted by Gasteiger charge is 2.25. The molecule has 1 aliphatic heterocycles. The second kappa shape index (κ2) is 8.03. The molecule has 2 amide bonds. The number of rotatable bonds is 5. The monoisotopic (exact) mass is 365 g/mol. The molecule has 8 nitrogen and oxygen atoms in total. The topological polar surface area (TPSA) is 80.9 Å². The quantitative estimate of drug-likeness (QED) is 0.752. The van der Waals surface area contributed by atoms with E-state index in [2.05, 4.69) is 20.5 Å². The van der Waals surface area contributed by atoms with E-state index in [1.807, 2.05) is 50.6 Å². The van der Waals surface area contributed by atoms with Crippen LogP contribution in [0.15, 0.2) is 61.7 Å². The van der Waals surface area contributed by atoms with Crippen LogP contribution in [0.1, 0.15) is 30.5 Å². The zero-order valence-corrected chi connectivity index (χ0v) is 15.1. The zero-order valence-electron chi connectivity index (χ0n) is 15.1. The van der Waals surface area contributed by atoms with Crippen LogP contribution in [0.25, 0.3) is 0 Å². The lowest BCUT2D eigenvalue weighted by atomic mass is 10.0. The third kappa shape index (κ3) is 4.16. The van der Waals surface area contributed by atoms with Crippen LogP contribution in [0.3, 0.4) is 0 Å². The number of benzene rings is 1. The van der Waals surface area contributed by atoms with Crippen molar-refractivity contribution < 1.29 is 4.79 Å². The maximum atomic E-state index is 12.9. The molecule has 0 aliphatic carbocycles. The minimum atomic E-state index is -0.108. The number of imidazole rings is 1. The van der Waals surface area contributed by atoms with Gasteiger partial charge in [-0.3, -0.25) is 0 Å². The number of carbonyl (C=O) groups excluding carboxylic acids is 1. The Morgan fingerprint density at radius 2 is 1.85 bits per heavy atom. The summed E-state index contributed by atoms with van der Waals surface area (Å²) in [5.41, 5.74) is 1.08. The summed E-state index contributed by atoms with van der Waals surface area (Å²) in [5.74, 6) is 0. The van der Waals surface area contributed by atoms with Gasteiger partial charge in [0.25, 0.3) is 0 Å². The highest BCUT2D eigenvalue weighted by Crippen LogP contribution is 2.22. The number of nitrogens with one attached hydrogen (secondary N) is 1. The van der Waals surface area contributed by atoms with Crippen molar-refractivity contribution in [2.24, 2.45) is 0 Å². The molecule has 1 atom stereocenters. The third-order valence-corrected chi connectivity index (χ3v) is 5.06. The fourth-order valence-electron chi connectivity index (χ4n) is 3.53. The molecule has 27 heavy (non-hydrogen) atoms. The molecule has 4 rings (SSSR count). The molecule has 140 valence electrons. The first kappa shape index (κ1) is 17.3. The van der Waals surface area contributed by atoms with Crippen molar-refractivity contribution in [1.82, 2.24) is 34.5 Å². The van der Waals surface area contributed by atoms with Gasteiger partial charge in [0.15, 0.2) is 0 Å². The number of nitrogens with zero attached hydrogens (tertiary/aromatic N) is 6. The molecule has 0 bridgehead atoms. The molecule has 1 aliphatic rings. The van der Waals surface area contributed by atoms with Crippen molar-refractivity contribution >= 4 is 6.03 Å². The lowest BCUT2D eigenvalue weighted by molar-refractivity contribution is 0.167. The van der Waals surface area contributed by atoms with Crippen LogP contribution in [0, 0.1) is 0 Å². The number of piperidine rings is 1. The molecule has 1 aromatic carbocycles. The van der Waals surface area contributed by atoms with Gasteiger partial charge in [0.1, 0.15) is 12.7 Å². The van der Waals surface area contributed by atoms with Gasteiger partial charge in [-0.15, -0.1) is 10.2 Å². The molecule has 0 saturated carbocycles. The Labute approximate surface area is 157 Å². The molecule has 3 aromatic rings. The van der Waals surface area contributed by atoms with Crippen LogP contribution in [-0.2, 0) is 6.54 Å². The minimum Gasteiger partial charge on any atom is -0.335 e. The number of carbonyl (C=O) groups is 1. The first-order valence-corrected chi connectivity index (χ1v) is 9.20. The van der Waals surface area contributed by atoms with Gasteiger partial charge in [-0.05, 0) is 18.4 Å². The van der Waals surface area contributed by atoms with Crippen molar-refractivity contribution in [2.45, 2.75) is 31.5 Å². The predicted molar refractivity (Wildman–Crippen MR) is 99.8 cm³/mol. The van der Waals surface area contributed by atoms with Crippen LogP contribution in [0.4, 0.5) is 4.79 Å². The van der Waals surface area contributed by atoms with Crippen LogP contribution in [-0.4, -0.2) is 48.3 Å². The Kier molecular flexibility index (Phi) is 5.13. The van der Waals surface area contributed by atoms with E-state index in [-0.39, 0.29) is 12.1 Å². The van der Waals surface area contributed by atoms with E-state index in [9.17, 15) is 4.79 Å². The number of amides is 2. The SMILES string of the molecule is O=C(N[C@H](Cn1ccnc1)c1ccccc1)N1CCC(n2cnnc2)CC1. The van der Waals surface area contributed by atoms with E-state index in [1.165, 1.54) is 0 Å². The number of urea groups is 1. The largest absolute Gasteiger partial charge is 0.335 e. The van der Waals surface area contributed by atoms with Gasteiger partial charge in [-0.1, -0.05) is 30.3 Å². The summed E-state index contributed by atoms with van der Waals surface area (Å²) in [4.78, 5) is 18.9. The Hall–Kier alpha value is -3.16. The van der Waals surface area contributed by atoms with Gasteiger partial charge in [0, 0.05) is 38.1 Å². The molecule has 8 heteroatoms. The summed E-state index contributed by atoms with van der Waals surface area (Å²) in [7, 11) is 0. The molecule has 1 saturated heterocycles. The van der Waals surface area contributed by atoms with Crippen LogP contribution >= 0.6 is 0 Å². The van der Waals surface area contributed by atoms with Crippen molar-refractivity contribution in [1.29, 1.82) is 0 Å². The molecule has 0 spiro atoms. The lowest BCUT2D eigenvalue weighted by Crippen LogP contribution is -2.46. The Morgan fingerprint density at radius 3 is 2.52 bits per heavy atom. The average molecular weight is 365 g/mol. The third-order valence-electron chi connectivity index (χ3n) is 5.06. The molecular weight excluding hydrogens is 342 g/mol. The first-order chi connectivity index (χ1) is 13.3. The Morgan fingerprint density at radius 1 is 1.11 bits per heavy atom. The normalized spacial score (nSPS) is 16.2. The maximum absolute atomic E-state index is 12.9. The lowest BCUT2D eigenvalue weighted by Gasteiger charge is -2.33. The van der Waals surface area contributed by atoms with Gasteiger partial charge >= 0.3 is 6.03 Å². The maximum Gasteiger partial charge on any atom is 0.317 e. The summed E-state index contributed by atoms with van der Waals surface area (Å²) < 4.78 is 4.01. The molecule has 0 radical (unpaired) electrons. The predicted octanol–water partition coefficient (Wildman–Crippen LogP) is 2.26. The van der Waals surface area contributed by atoms with Gasteiger partial charge in [0.05, 0.1) is 12.4 Å². The minimum absolute atomic E-state index is 0.0221. The number of likely N-dealkylation sites (tertiary alicyclic amines) is 1. The van der Waals surface area contributed by atoms with Gasteiger partial charge in [-0.2, -0.15) is 0 Å². The van der Waals surface area contributed by atoms with E-state index in [0.717, 1.165) is 31.5 Å². The summed E-state index contributed by atoms with van der Waals surface area (Å²) in [6.07, 6.45) is 10.7. The second-order valence-corrected chi connectivity index (χ2v) is 6.80. The fraction of sp³-hybridized carbons (Fsp3) is 0.368. The van der Waals surface area contributed by atoms with Crippen LogP contribution < -0.4 is 5.32 Å². The Balaban J connectivity index is 1.39. The fourth-order valence-corrected chi connectivity index (χ4v) is 3.53. The molecular formula is C19H23N7O. The first-order valence-electron chi connectivity index (χ1n) is 9.20. The number of aromatic nitrogens is 5. The summed E-state index contributed by atoms with van der Waals surface area (Å²) in [5, 5.41) is 10.9. The van der Waals surface area contributed by atoms with Crippen molar-refractivity contribution in [2.75, 3.05) is 13.1 Å². The van der Waals surface area contributed by atoms with Crippen LogP contribution in [0.2, 0.25) is 0 Å². The van der Waals surface area contributed by atoms with Gasteiger partial charge in [-0.25, -0.2) is 9.78 Å². The summed E-state index contributed by atoms with van der Waals surface area (Å²) >= 11 is 0. The highest BCUT2D eigenvalue weighted by molar-refractivity contribution is 5.74. The van der Waals surface area contributed by atoms with Gasteiger partial charge < -0.3 is 19.4 Å². The van der Waals surface area contributed by atoms with Crippen molar-refractivity contribution in [3.8, 4) is 0 Å². The highest BCUT2D eigenvalue weighted by atomic mass is 16.2. The standard InChI is InChI=1S/C19H23N7O/c27-19(25-9-6-17(7-10-25)26-14-21-22-15-26)23-18(12-24-11-8-20-13-24)16-4-2-1-3-5-16/h1-5,8,11,13-15,17-18H,6-7,9-10,12H2,(H,23,27)/t18-/m1/s1. The van der Waals surface area contributed by atoms with Crippen molar-refractivity contribution in [3.63, 3.8) is 0 Å². The smallest absolute Gasteiger partial charge is 0.317 e. The molecule has 1 N–H and O–H groups in total.